The van der Waals surface area contributed by atoms with E-state index in [9.17, 15) is 9.59 Å². The smallest absolute Gasteiger partial charge is 0.333 e. The first-order valence-electron chi connectivity index (χ1n) is 8.99. The number of hydrogen-bond donors (Lipinski definition) is 0. The molecule has 0 saturated carbocycles. The highest BCUT2D eigenvalue weighted by atomic mass is 28.3. The zero-order valence-electron chi connectivity index (χ0n) is 17.0. The molecule has 2 rings (SSSR count). The molecule has 142 valence electrons. The standard InChI is InChI=1S/C20H30N2O3Si/c1-14-8-9-17(15(2)12-14)18-16(3)19(23)22(20(24)21(18)4)13-25-10-11-26(5,6)7/h8-9,12H,10-11,13H2,1-7H3. The molecule has 6 heteroatoms. The van der Waals surface area contributed by atoms with E-state index in [0.717, 1.165) is 22.7 Å². The molecule has 0 N–H and O–H groups in total. The number of benzene rings is 1. The molecule has 0 fully saturated rings. The molecule has 0 spiro atoms. The SMILES string of the molecule is Cc1ccc(-c2c(C)c(=O)n(COCC[Si](C)(C)C)c(=O)n2C)c(C)c1. The van der Waals surface area contributed by atoms with Crippen LogP contribution in [0.4, 0.5) is 0 Å². The predicted molar refractivity (Wildman–Crippen MR) is 110 cm³/mol. The van der Waals surface area contributed by atoms with E-state index >= 15 is 0 Å². The maximum absolute atomic E-state index is 12.8. The Morgan fingerprint density at radius 1 is 1.08 bits per heavy atom. The fourth-order valence-corrected chi connectivity index (χ4v) is 3.79. The average Bonchev–Trinajstić information content (AvgIpc) is 2.53. The maximum Gasteiger partial charge on any atom is 0.333 e. The van der Waals surface area contributed by atoms with Crippen LogP contribution in [-0.4, -0.2) is 23.8 Å². The fraction of sp³-hybridized carbons (Fsp3) is 0.500. The summed E-state index contributed by atoms with van der Waals surface area (Å²) in [7, 11) is 0.506. The number of aryl methyl sites for hydroxylation is 2. The third-order valence-electron chi connectivity index (χ3n) is 4.63. The highest BCUT2D eigenvalue weighted by Crippen LogP contribution is 2.24. The molecule has 5 nitrogen and oxygen atoms in total. The molecular weight excluding hydrogens is 344 g/mol. The largest absolute Gasteiger partial charge is 0.361 e. The molecule has 0 aliphatic heterocycles. The van der Waals surface area contributed by atoms with Gasteiger partial charge in [0.1, 0.15) is 6.73 Å². The first kappa shape index (κ1) is 20.4. The highest BCUT2D eigenvalue weighted by molar-refractivity contribution is 6.76. The topological polar surface area (TPSA) is 53.2 Å². The van der Waals surface area contributed by atoms with Crippen molar-refractivity contribution in [2.45, 2.75) is 53.2 Å². The van der Waals surface area contributed by atoms with Gasteiger partial charge in [0, 0.05) is 32.9 Å². The maximum atomic E-state index is 12.8. The lowest BCUT2D eigenvalue weighted by molar-refractivity contribution is 0.0805. The van der Waals surface area contributed by atoms with Crippen LogP contribution in [0.15, 0.2) is 27.8 Å². The van der Waals surface area contributed by atoms with Crippen molar-refractivity contribution in [2.24, 2.45) is 7.05 Å². The Morgan fingerprint density at radius 3 is 2.31 bits per heavy atom. The van der Waals surface area contributed by atoms with Crippen LogP contribution >= 0.6 is 0 Å². The van der Waals surface area contributed by atoms with Crippen LogP contribution in [0, 0.1) is 20.8 Å². The fourth-order valence-electron chi connectivity index (χ4n) is 3.03. The van der Waals surface area contributed by atoms with Crippen LogP contribution in [-0.2, 0) is 18.5 Å². The summed E-state index contributed by atoms with van der Waals surface area (Å²) < 4.78 is 8.38. The second kappa shape index (κ2) is 7.76. The van der Waals surface area contributed by atoms with E-state index in [1.807, 2.05) is 26.0 Å². The van der Waals surface area contributed by atoms with E-state index in [0.29, 0.717) is 17.9 Å². The molecule has 26 heavy (non-hydrogen) atoms. The lowest BCUT2D eigenvalue weighted by atomic mass is 10.00. The second-order valence-electron chi connectivity index (χ2n) is 8.21. The monoisotopic (exact) mass is 374 g/mol. The first-order valence-corrected chi connectivity index (χ1v) is 12.7. The Balaban J connectivity index is 2.41. The van der Waals surface area contributed by atoms with Gasteiger partial charge in [0.2, 0.25) is 0 Å². The zero-order chi connectivity index (χ0) is 19.6. The number of nitrogens with zero attached hydrogens (tertiary/aromatic N) is 2. The van der Waals surface area contributed by atoms with E-state index < -0.39 is 8.07 Å². The second-order valence-corrected chi connectivity index (χ2v) is 13.8. The summed E-state index contributed by atoms with van der Waals surface area (Å²) in [5.41, 5.74) is 3.73. The van der Waals surface area contributed by atoms with Crippen molar-refractivity contribution in [1.29, 1.82) is 0 Å². The molecule has 0 bridgehead atoms. The molecule has 0 unspecified atom stereocenters. The van der Waals surface area contributed by atoms with Crippen LogP contribution in [0.25, 0.3) is 11.3 Å². The summed E-state index contributed by atoms with van der Waals surface area (Å²) in [4.78, 5) is 25.5. The van der Waals surface area contributed by atoms with Crippen molar-refractivity contribution in [1.82, 2.24) is 9.13 Å². The van der Waals surface area contributed by atoms with Gasteiger partial charge in [-0.2, -0.15) is 0 Å². The van der Waals surface area contributed by atoms with Crippen molar-refractivity contribution in [3.05, 3.63) is 55.7 Å². The average molecular weight is 375 g/mol. The molecule has 0 saturated heterocycles. The van der Waals surface area contributed by atoms with Gasteiger partial charge < -0.3 is 4.74 Å². The molecular formula is C20H30N2O3Si. The quantitative estimate of drug-likeness (QED) is 0.575. The normalized spacial score (nSPS) is 11.8. The first-order chi connectivity index (χ1) is 12.0. The summed E-state index contributed by atoms with van der Waals surface area (Å²) in [6.07, 6.45) is 0. The van der Waals surface area contributed by atoms with Crippen molar-refractivity contribution in [3.63, 3.8) is 0 Å². The molecule has 0 atom stereocenters. The summed E-state index contributed by atoms with van der Waals surface area (Å²) in [6.45, 7) is 13.2. The third-order valence-corrected chi connectivity index (χ3v) is 6.33. The van der Waals surface area contributed by atoms with E-state index in [1.165, 1.54) is 4.57 Å². The van der Waals surface area contributed by atoms with Crippen molar-refractivity contribution in [2.75, 3.05) is 6.61 Å². The summed E-state index contributed by atoms with van der Waals surface area (Å²) >= 11 is 0. The molecule has 1 aromatic heterocycles. The Morgan fingerprint density at radius 2 is 1.73 bits per heavy atom. The van der Waals surface area contributed by atoms with Gasteiger partial charge in [-0.25, -0.2) is 9.36 Å². The van der Waals surface area contributed by atoms with Crippen LogP contribution in [0.3, 0.4) is 0 Å². The van der Waals surface area contributed by atoms with E-state index in [1.54, 1.807) is 18.5 Å². The van der Waals surface area contributed by atoms with Gasteiger partial charge in [-0.3, -0.25) is 9.36 Å². The molecule has 1 heterocycles. The van der Waals surface area contributed by atoms with Gasteiger partial charge in [0.05, 0.1) is 5.69 Å². The van der Waals surface area contributed by atoms with Gasteiger partial charge in [0.25, 0.3) is 5.56 Å². The molecule has 1 aromatic carbocycles. The minimum atomic E-state index is -1.20. The molecule has 0 radical (unpaired) electrons. The van der Waals surface area contributed by atoms with E-state index in [2.05, 4.69) is 25.7 Å². The van der Waals surface area contributed by atoms with Crippen molar-refractivity contribution in [3.8, 4) is 11.3 Å². The predicted octanol–water partition coefficient (Wildman–Crippen LogP) is 3.45. The summed E-state index contributed by atoms with van der Waals surface area (Å²) in [6, 6.07) is 7.03. The van der Waals surface area contributed by atoms with Gasteiger partial charge in [-0.1, -0.05) is 43.4 Å². The lowest BCUT2D eigenvalue weighted by Gasteiger charge is -2.18. The minimum absolute atomic E-state index is 0.00396. The van der Waals surface area contributed by atoms with Crippen LogP contribution in [0.1, 0.15) is 16.7 Å². The number of hydrogen-bond acceptors (Lipinski definition) is 3. The van der Waals surface area contributed by atoms with Gasteiger partial charge >= 0.3 is 5.69 Å². The number of ether oxygens (including phenoxy) is 1. The Hall–Kier alpha value is -1.92. The molecule has 0 aliphatic carbocycles. The van der Waals surface area contributed by atoms with Gasteiger partial charge in [-0.15, -0.1) is 0 Å². The minimum Gasteiger partial charge on any atom is -0.361 e. The Labute approximate surface area is 156 Å². The number of aromatic nitrogens is 2. The Kier molecular flexibility index (Phi) is 6.08. The van der Waals surface area contributed by atoms with Crippen LogP contribution in [0.5, 0.6) is 0 Å². The van der Waals surface area contributed by atoms with Gasteiger partial charge in [-0.05, 0) is 32.4 Å². The van der Waals surface area contributed by atoms with Crippen molar-refractivity contribution >= 4 is 8.07 Å². The number of rotatable bonds is 6. The molecule has 2 aromatic rings. The Bertz CT molecular complexity index is 883. The van der Waals surface area contributed by atoms with Gasteiger partial charge in [0.15, 0.2) is 0 Å². The zero-order valence-corrected chi connectivity index (χ0v) is 18.0. The summed E-state index contributed by atoms with van der Waals surface area (Å²) in [5, 5.41) is 0. The summed E-state index contributed by atoms with van der Waals surface area (Å²) in [5.74, 6) is 0. The highest BCUT2D eigenvalue weighted by Gasteiger charge is 2.17. The van der Waals surface area contributed by atoms with Crippen molar-refractivity contribution < 1.29 is 4.74 Å². The molecule has 0 amide bonds. The molecule has 0 aliphatic rings. The lowest BCUT2D eigenvalue weighted by Crippen LogP contribution is -2.41. The van der Waals surface area contributed by atoms with Crippen LogP contribution in [0.2, 0.25) is 25.7 Å². The van der Waals surface area contributed by atoms with E-state index in [4.69, 9.17) is 4.74 Å². The van der Waals surface area contributed by atoms with Crippen LogP contribution < -0.4 is 11.2 Å². The van der Waals surface area contributed by atoms with E-state index in [-0.39, 0.29) is 18.0 Å². The third kappa shape index (κ3) is 4.43.